The minimum Gasteiger partial charge on any atom is -0.481 e. The largest absolute Gasteiger partial charge is 0.481 e. The van der Waals surface area contributed by atoms with E-state index in [1.165, 1.54) is 5.56 Å². The lowest BCUT2D eigenvalue weighted by Gasteiger charge is -2.17. The quantitative estimate of drug-likeness (QED) is 0.852. The maximum atomic E-state index is 11.7. The zero-order chi connectivity index (χ0) is 12.8. The van der Waals surface area contributed by atoms with Gasteiger partial charge < -0.3 is 10.1 Å². The van der Waals surface area contributed by atoms with Crippen molar-refractivity contribution in [3.05, 3.63) is 29.8 Å². The van der Waals surface area contributed by atoms with Crippen molar-refractivity contribution in [2.24, 2.45) is 0 Å². The van der Waals surface area contributed by atoms with Crippen LogP contribution in [0.25, 0.3) is 0 Å². The summed E-state index contributed by atoms with van der Waals surface area (Å²) in [5.74, 6) is 0.655. The van der Waals surface area contributed by atoms with Crippen LogP contribution in [0.15, 0.2) is 24.3 Å². The second kappa shape index (κ2) is 6.28. The van der Waals surface area contributed by atoms with E-state index in [1.807, 2.05) is 45.0 Å². The molecule has 2 atom stereocenters. The Balaban J connectivity index is 2.51. The molecule has 1 amide bonds. The predicted octanol–water partition coefficient (Wildman–Crippen LogP) is 2.68. The lowest BCUT2D eigenvalue weighted by molar-refractivity contribution is -0.127. The van der Waals surface area contributed by atoms with Crippen LogP contribution in [0.4, 0.5) is 0 Å². The van der Waals surface area contributed by atoms with Crippen molar-refractivity contribution in [1.29, 1.82) is 0 Å². The van der Waals surface area contributed by atoms with Gasteiger partial charge in [0, 0.05) is 6.04 Å². The molecular weight excluding hydrogens is 214 g/mol. The van der Waals surface area contributed by atoms with E-state index in [4.69, 9.17) is 4.74 Å². The summed E-state index contributed by atoms with van der Waals surface area (Å²) in [7, 11) is 0. The third kappa shape index (κ3) is 4.47. The normalized spacial score (nSPS) is 13.9. The summed E-state index contributed by atoms with van der Waals surface area (Å²) in [6, 6.07) is 7.88. The van der Waals surface area contributed by atoms with E-state index in [0.717, 1.165) is 12.2 Å². The molecule has 0 fully saturated rings. The average molecular weight is 235 g/mol. The number of amides is 1. The minimum atomic E-state index is -0.466. The number of nitrogens with one attached hydrogen (secondary N) is 1. The Morgan fingerprint density at radius 2 is 1.88 bits per heavy atom. The van der Waals surface area contributed by atoms with Crippen molar-refractivity contribution < 1.29 is 9.53 Å². The van der Waals surface area contributed by atoms with Gasteiger partial charge in [0.05, 0.1) is 0 Å². The molecular formula is C14H21NO2. The van der Waals surface area contributed by atoms with Crippen LogP contribution in [0.2, 0.25) is 0 Å². The lowest BCUT2D eigenvalue weighted by atomic mass is 10.2. The van der Waals surface area contributed by atoms with Gasteiger partial charge in [-0.1, -0.05) is 24.6 Å². The molecule has 0 spiro atoms. The Bertz CT molecular complexity index is 359. The van der Waals surface area contributed by atoms with Crippen LogP contribution in [-0.4, -0.2) is 18.1 Å². The topological polar surface area (TPSA) is 38.3 Å². The minimum absolute atomic E-state index is 0.0695. The Morgan fingerprint density at radius 3 is 2.41 bits per heavy atom. The van der Waals surface area contributed by atoms with E-state index < -0.39 is 6.10 Å². The molecule has 0 bridgehead atoms. The Hall–Kier alpha value is -1.51. The SMILES string of the molecule is CC[C@@H](C)NC(=O)[C@H](C)Oc1ccc(C)cc1. The van der Waals surface area contributed by atoms with Crippen molar-refractivity contribution in [2.45, 2.75) is 46.3 Å². The summed E-state index contributed by atoms with van der Waals surface area (Å²) < 4.78 is 5.56. The molecule has 3 heteroatoms. The first-order valence-electron chi connectivity index (χ1n) is 6.06. The average Bonchev–Trinajstić information content (AvgIpc) is 2.31. The highest BCUT2D eigenvalue weighted by atomic mass is 16.5. The van der Waals surface area contributed by atoms with Crippen molar-refractivity contribution >= 4 is 5.91 Å². The Kier molecular flexibility index (Phi) is 5.01. The van der Waals surface area contributed by atoms with Gasteiger partial charge in [-0.3, -0.25) is 4.79 Å². The molecule has 0 radical (unpaired) electrons. The van der Waals surface area contributed by atoms with Crippen LogP contribution >= 0.6 is 0 Å². The van der Waals surface area contributed by atoms with Gasteiger partial charge in [0.2, 0.25) is 0 Å². The van der Waals surface area contributed by atoms with Crippen molar-refractivity contribution in [1.82, 2.24) is 5.32 Å². The number of carbonyl (C=O) groups excluding carboxylic acids is 1. The number of hydrogen-bond acceptors (Lipinski definition) is 2. The molecule has 17 heavy (non-hydrogen) atoms. The van der Waals surface area contributed by atoms with E-state index in [9.17, 15) is 4.79 Å². The van der Waals surface area contributed by atoms with E-state index in [0.29, 0.717) is 0 Å². The van der Waals surface area contributed by atoms with Crippen molar-refractivity contribution in [3.63, 3.8) is 0 Å². The third-order valence-electron chi connectivity index (χ3n) is 2.70. The lowest BCUT2D eigenvalue weighted by Crippen LogP contribution is -2.40. The van der Waals surface area contributed by atoms with Gasteiger partial charge in [0.25, 0.3) is 5.91 Å². The monoisotopic (exact) mass is 235 g/mol. The molecule has 0 heterocycles. The molecule has 1 aromatic rings. The molecule has 0 saturated heterocycles. The number of rotatable bonds is 5. The highest BCUT2D eigenvalue weighted by Crippen LogP contribution is 2.13. The fourth-order valence-electron chi connectivity index (χ4n) is 1.34. The summed E-state index contributed by atoms with van der Waals surface area (Å²) in [5.41, 5.74) is 1.18. The molecule has 0 aliphatic rings. The van der Waals surface area contributed by atoms with Gasteiger partial charge in [0.1, 0.15) is 5.75 Å². The van der Waals surface area contributed by atoms with Gasteiger partial charge in [-0.2, -0.15) is 0 Å². The number of benzene rings is 1. The molecule has 0 unspecified atom stereocenters. The smallest absolute Gasteiger partial charge is 0.260 e. The number of carbonyl (C=O) groups is 1. The zero-order valence-corrected chi connectivity index (χ0v) is 11.0. The summed E-state index contributed by atoms with van der Waals surface area (Å²) in [5, 5.41) is 2.90. The van der Waals surface area contributed by atoms with E-state index in [1.54, 1.807) is 6.92 Å². The first kappa shape index (κ1) is 13.6. The Labute approximate surface area is 103 Å². The molecule has 1 N–H and O–H groups in total. The standard InChI is InChI=1S/C14H21NO2/c1-5-11(3)15-14(16)12(4)17-13-8-6-10(2)7-9-13/h6-9,11-12H,5H2,1-4H3,(H,15,16)/t11-,12+/m1/s1. The van der Waals surface area contributed by atoms with Gasteiger partial charge in [0.15, 0.2) is 6.10 Å². The van der Waals surface area contributed by atoms with Gasteiger partial charge in [-0.15, -0.1) is 0 Å². The highest BCUT2D eigenvalue weighted by molar-refractivity contribution is 5.80. The first-order chi connectivity index (χ1) is 8.02. The van der Waals surface area contributed by atoms with Crippen LogP contribution in [0.5, 0.6) is 5.75 Å². The van der Waals surface area contributed by atoms with Crippen LogP contribution in [0, 0.1) is 6.92 Å². The van der Waals surface area contributed by atoms with Crippen molar-refractivity contribution in [2.75, 3.05) is 0 Å². The molecule has 0 aliphatic carbocycles. The van der Waals surface area contributed by atoms with Crippen molar-refractivity contribution in [3.8, 4) is 5.75 Å². The summed E-state index contributed by atoms with van der Waals surface area (Å²) >= 11 is 0. The number of hydrogen-bond donors (Lipinski definition) is 1. The predicted molar refractivity (Wildman–Crippen MR) is 69.2 cm³/mol. The van der Waals surface area contributed by atoms with E-state index >= 15 is 0 Å². The second-order valence-electron chi connectivity index (χ2n) is 4.39. The Morgan fingerprint density at radius 1 is 1.29 bits per heavy atom. The molecule has 94 valence electrons. The van der Waals surface area contributed by atoms with Gasteiger partial charge in [-0.25, -0.2) is 0 Å². The van der Waals surface area contributed by atoms with Crippen LogP contribution < -0.4 is 10.1 Å². The van der Waals surface area contributed by atoms with E-state index in [-0.39, 0.29) is 11.9 Å². The second-order valence-corrected chi connectivity index (χ2v) is 4.39. The van der Waals surface area contributed by atoms with Crippen LogP contribution in [-0.2, 0) is 4.79 Å². The van der Waals surface area contributed by atoms with Gasteiger partial charge in [-0.05, 0) is 39.3 Å². The molecule has 1 aromatic carbocycles. The molecule has 1 rings (SSSR count). The number of aryl methyl sites for hydroxylation is 1. The maximum absolute atomic E-state index is 11.7. The molecule has 0 saturated carbocycles. The summed E-state index contributed by atoms with van der Waals surface area (Å²) in [6.07, 6.45) is 0.454. The molecule has 0 aliphatic heterocycles. The fraction of sp³-hybridized carbons (Fsp3) is 0.500. The summed E-state index contributed by atoms with van der Waals surface area (Å²) in [6.45, 7) is 7.80. The fourth-order valence-corrected chi connectivity index (χ4v) is 1.34. The molecule has 3 nitrogen and oxygen atoms in total. The zero-order valence-electron chi connectivity index (χ0n) is 11.0. The number of ether oxygens (including phenoxy) is 1. The first-order valence-corrected chi connectivity index (χ1v) is 6.06. The van der Waals surface area contributed by atoms with Crippen LogP contribution in [0.3, 0.4) is 0 Å². The van der Waals surface area contributed by atoms with Crippen LogP contribution in [0.1, 0.15) is 32.8 Å². The summed E-state index contributed by atoms with van der Waals surface area (Å²) in [4.78, 5) is 11.7. The van der Waals surface area contributed by atoms with Gasteiger partial charge >= 0.3 is 0 Å². The highest BCUT2D eigenvalue weighted by Gasteiger charge is 2.15. The van der Waals surface area contributed by atoms with E-state index in [2.05, 4.69) is 5.32 Å². The molecule has 0 aromatic heterocycles. The maximum Gasteiger partial charge on any atom is 0.260 e. The third-order valence-corrected chi connectivity index (χ3v) is 2.70.